The molecule has 2 saturated heterocycles. The first kappa shape index (κ1) is 21.1. The number of carbonyl (C=O) groups excluding carboxylic acids is 2. The van der Waals surface area contributed by atoms with Crippen LogP contribution in [0.3, 0.4) is 0 Å². The highest BCUT2D eigenvalue weighted by atomic mass is 16.2. The van der Waals surface area contributed by atoms with Crippen LogP contribution in [-0.4, -0.2) is 81.9 Å². The van der Waals surface area contributed by atoms with Crippen molar-refractivity contribution in [3.63, 3.8) is 0 Å². The summed E-state index contributed by atoms with van der Waals surface area (Å²) >= 11 is 0. The molecule has 1 aliphatic carbocycles. The first-order valence-electron chi connectivity index (χ1n) is 11.9. The number of piperazine rings is 1. The lowest BCUT2D eigenvalue weighted by molar-refractivity contribution is -0.134. The van der Waals surface area contributed by atoms with Crippen LogP contribution in [0.1, 0.15) is 44.0 Å². The lowest BCUT2D eigenvalue weighted by Gasteiger charge is -2.35. The summed E-state index contributed by atoms with van der Waals surface area (Å²) in [5.41, 5.74) is 0.713. The predicted octanol–water partition coefficient (Wildman–Crippen LogP) is 1.43. The molecule has 0 atom stereocenters. The number of nitrogens with zero attached hydrogens (tertiary/aromatic N) is 5. The van der Waals surface area contributed by atoms with Crippen molar-refractivity contribution in [2.45, 2.75) is 44.6 Å². The molecule has 3 aliphatic rings. The average molecular weight is 438 g/mol. The topological polar surface area (TPSA) is 78.8 Å². The maximum Gasteiger partial charge on any atom is 0.261 e. The Kier molecular flexibility index (Phi) is 5.95. The van der Waals surface area contributed by atoms with Crippen molar-refractivity contribution in [3.05, 3.63) is 40.4 Å². The molecule has 2 aromatic rings. The van der Waals surface area contributed by atoms with E-state index >= 15 is 0 Å². The van der Waals surface area contributed by atoms with Gasteiger partial charge in [0, 0.05) is 58.2 Å². The molecule has 2 aliphatic heterocycles. The van der Waals surface area contributed by atoms with E-state index in [1.807, 2.05) is 38.6 Å². The zero-order valence-electron chi connectivity index (χ0n) is 18.5. The lowest BCUT2D eigenvalue weighted by Crippen LogP contribution is -2.51. The Morgan fingerprint density at radius 3 is 2.31 bits per heavy atom. The Hall–Kier alpha value is -2.74. The number of fused-ring (bicyclic) bond motifs is 1. The first-order valence-corrected chi connectivity index (χ1v) is 11.9. The van der Waals surface area contributed by atoms with Crippen LogP contribution in [0.5, 0.6) is 0 Å². The summed E-state index contributed by atoms with van der Waals surface area (Å²) in [6, 6.07) is 7.67. The van der Waals surface area contributed by atoms with Crippen molar-refractivity contribution < 1.29 is 9.59 Å². The Morgan fingerprint density at radius 2 is 1.59 bits per heavy atom. The van der Waals surface area contributed by atoms with E-state index in [0.717, 1.165) is 57.7 Å². The summed E-state index contributed by atoms with van der Waals surface area (Å²) in [4.78, 5) is 49.0. The SMILES string of the molecule is O=C(CCc1nc2ccccc2c(=O)n1C1CC1)N1CCN(CC(=O)N2CCCC2)CC1. The van der Waals surface area contributed by atoms with Gasteiger partial charge in [-0.15, -0.1) is 0 Å². The Morgan fingerprint density at radius 1 is 0.906 bits per heavy atom. The molecule has 8 nitrogen and oxygen atoms in total. The van der Waals surface area contributed by atoms with Gasteiger partial charge in [0.2, 0.25) is 11.8 Å². The molecule has 3 heterocycles. The third-order valence-electron chi connectivity index (χ3n) is 6.90. The average Bonchev–Trinajstić information content (AvgIpc) is 3.49. The minimum atomic E-state index is 0.0110. The molecule has 1 saturated carbocycles. The minimum absolute atomic E-state index is 0.0110. The van der Waals surface area contributed by atoms with E-state index in [1.165, 1.54) is 0 Å². The Bertz CT molecular complexity index is 1060. The zero-order chi connectivity index (χ0) is 22.1. The second-order valence-electron chi connectivity index (χ2n) is 9.20. The summed E-state index contributed by atoms with van der Waals surface area (Å²) in [7, 11) is 0. The summed E-state index contributed by atoms with van der Waals surface area (Å²) in [5.74, 6) is 1.03. The molecule has 170 valence electrons. The molecule has 2 amide bonds. The summed E-state index contributed by atoms with van der Waals surface area (Å²) in [6.45, 7) is 4.97. The quantitative estimate of drug-likeness (QED) is 0.683. The number of hydrogen-bond acceptors (Lipinski definition) is 5. The van der Waals surface area contributed by atoms with Crippen molar-refractivity contribution in [1.82, 2.24) is 24.3 Å². The Balaban J connectivity index is 1.18. The molecule has 32 heavy (non-hydrogen) atoms. The van der Waals surface area contributed by atoms with Crippen LogP contribution in [0.2, 0.25) is 0 Å². The fourth-order valence-electron chi connectivity index (χ4n) is 4.87. The number of rotatable bonds is 6. The maximum absolute atomic E-state index is 13.0. The molecule has 0 N–H and O–H groups in total. The van der Waals surface area contributed by atoms with E-state index < -0.39 is 0 Å². The van der Waals surface area contributed by atoms with Gasteiger partial charge in [0.05, 0.1) is 17.4 Å². The van der Waals surface area contributed by atoms with Crippen molar-refractivity contribution in [1.29, 1.82) is 0 Å². The fourth-order valence-corrected chi connectivity index (χ4v) is 4.87. The zero-order valence-corrected chi connectivity index (χ0v) is 18.5. The molecule has 1 aromatic heterocycles. The second kappa shape index (κ2) is 9.02. The van der Waals surface area contributed by atoms with Gasteiger partial charge < -0.3 is 9.80 Å². The van der Waals surface area contributed by atoms with Crippen LogP contribution in [0.25, 0.3) is 10.9 Å². The molecule has 3 fully saturated rings. The normalized spacial score (nSPS) is 19.6. The molecule has 0 unspecified atom stereocenters. The number of aromatic nitrogens is 2. The van der Waals surface area contributed by atoms with Crippen molar-refractivity contribution in [3.8, 4) is 0 Å². The van der Waals surface area contributed by atoms with Gasteiger partial charge in [-0.2, -0.15) is 0 Å². The number of para-hydroxylation sites is 1. The van der Waals surface area contributed by atoms with Gasteiger partial charge in [-0.1, -0.05) is 12.1 Å². The maximum atomic E-state index is 13.0. The summed E-state index contributed by atoms with van der Waals surface area (Å²) in [5, 5.41) is 0.647. The van der Waals surface area contributed by atoms with Crippen LogP contribution >= 0.6 is 0 Å². The summed E-state index contributed by atoms with van der Waals surface area (Å²) in [6.07, 6.45) is 5.04. The third kappa shape index (κ3) is 4.41. The largest absolute Gasteiger partial charge is 0.342 e. The highest BCUT2D eigenvalue weighted by Gasteiger charge is 2.29. The van der Waals surface area contributed by atoms with Crippen molar-refractivity contribution >= 4 is 22.7 Å². The molecule has 1 aromatic carbocycles. The number of amides is 2. The number of carbonyl (C=O) groups is 2. The first-order chi connectivity index (χ1) is 15.6. The minimum Gasteiger partial charge on any atom is -0.342 e. The van der Waals surface area contributed by atoms with E-state index in [2.05, 4.69) is 4.90 Å². The van der Waals surface area contributed by atoms with Crippen LogP contribution < -0.4 is 5.56 Å². The monoisotopic (exact) mass is 437 g/mol. The van der Waals surface area contributed by atoms with Crippen LogP contribution in [0.4, 0.5) is 0 Å². The number of benzene rings is 1. The fraction of sp³-hybridized carbons (Fsp3) is 0.583. The third-order valence-corrected chi connectivity index (χ3v) is 6.90. The van der Waals surface area contributed by atoms with E-state index in [-0.39, 0.29) is 23.4 Å². The molecular formula is C24H31N5O3. The smallest absolute Gasteiger partial charge is 0.261 e. The summed E-state index contributed by atoms with van der Waals surface area (Å²) < 4.78 is 1.82. The molecule has 0 radical (unpaired) electrons. The van der Waals surface area contributed by atoms with Gasteiger partial charge in [0.1, 0.15) is 5.82 Å². The number of hydrogen-bond donors (Lipinski definition) is 0. The molecule has 8 heteroatoms. The van der Waals surface area contributed by atoms with Gasteiger partial charge in [-0.3, -0.25) is 23.9 Å². The van der Waals surface area contributed by atoms with Crippen molar-refractivity contribution in [2.75, 3.05) is 45.8 Å². The van der Waals surface area contributed by atoms with Crippen molar-refractivity contribution in [2.24, 2.45) is 0 Å². The predicted molar refractivity (Wildman–Crippen MR) is 121 cm³/mol. The van der Waals surface area contributed by atoms with Gasteiger partial charge in [-0.25, -0.2) is 4.98 Å². The van der Waals surface area contributed by atoms with Gasteiger partial charge in [-0.05, 0) is 37.8 Å². The highest BCUT2D eigenvalue weighted by molar-refractivity contribution is 5.79. The molecular weight excluding hydrogens is 406 g/mol. The standard InChI is InChI=1S/C24H31N5O3/c30-22(28-15-13-26(14-16-28)17-23(31)27-11-3-4-12-27)10-9-21-25-20-6-2-1-5-19(20)24(32)29(21)18-7-8-18/h1-2,5-6,18H,3-4,7-17H2. The molecule has 5 rings (SSSR count). The molecule has 0 bridgehead atoms. The number of aryl methyl sites for hydroxylation is 1. The van der Waals surface area contributed by atoms with Crippen LogP contribution in [-0.2, 0) is 16.0 Å². The highest BCUT2D eigenvalue weighted by Crippen LogP contribution is 2.35. The Labute approximate surface area is 187 Å². The van der Waals surface area contributed by atoms with Crippen LogP contribution in [0.15, 0.2) is 29.1 Å². The van der Waals surface area contributed by atoms with E-state index in [1.54, 1.807) is 0 Å². The van der Waals surface area contributed by atoms with Crippen LogP contribution in [0, 0.1) is 0 Å². The van der Waals surface area contributed by atoms with E-state index in [0.29, 0.717) is 43.4 Å². The van der Waals surface area contributed by atoms with Gasteiger partial charge in [0.25, 0.3) is 5.56 Å². The second-order valence-corrected chi connectivity index (χ2v) is 9.20. The van der Waals surface area contributed by atoms with E-state index in [4.69, 9.17) is 4.98 Å². The number of likely N-dealkylation sites (tertiary alicyclic amines) is 1. The van der Waals surface area contributed by atoms with Gasteiger partial charge in [0.15, 0.2) is 0 Å². The lowest BCUT2D eigenvalue weighted by atomic mass is 10.2. The van der Waals surface area contributed by atoms with E-state index in [9.17, 15) is 14.4 Å². The van der Waals surface area contributed by atoms with Gasteiger partial charge >= 0.3 is 0 Å². The molecule has 0 spiro atoms.